The molecule has 0 spiro atoms. The molecule has 3 unspecified atom stereocenters. The molecule has 14 nitrogen and oxygen atoms in total. The predicted molar refractivity (Wildman–Crippen MR) is 202 cm³/mol. The number of esters is 5. The molecule has 0 aliphatic rings. The first-order valence-corrected chi connectivity index (χ1v) is 19.6. The van der Waals surface area contributed by atoms with Crippen LogP contribution in [0.4, 0.5) is 39.5 Å². The molecule has 0 aliphatic carbocycles. The highest BCUT2D eigenvalue weighted by Crippen LogP contribution is 2.25. The Labute approximate surface area is 357 Å². The molecule has 0 fully saturated rings. The SMILES string of the molecule is CCC(C)(C)C(=O)OCC(=O)OCCOC(C)C(F)(F)F.CCC(C)(C)C(=O)OCCOC(=O)COC(C)C(F)(F)F.CCC(C)(C)C(=O)OCCOCCOC(C)C(F)(F)F. The number of hydrogen-bond donors (Lipinski definition) is 0. The van der Waals surface area contributed by atoms with Crippen LogP contribution in [-0.4, -0.2) is 133 Å². The van der Waals surface area contributed by atoms with Crippen molar-refractivity contribution in [3.63, 3.8) is 0 Å². The van der Waals surface area contributed by atoms with Crippen molar-refractivity contribution >= 4 is 29.8 Å². The van der Waals surface area contributed by atoms with Gasteiger partial charge < -0.3 is 42.6 Å². The van der Waals surface area contributed by atoms with E-state index in [1.807, 2.05) is 13.8 Å². The fraction of sp³-hybridized carbons (Fsp3) is 0.872. The molecule has 368 valence electrons. The van der Waals surface area contributed by atoms with Crippen molar-refractivity contribution < 1.29 is 106 Å². The van der Waals surface area contributed by atoms with Gasteiger partial charge in [-0.05, 0) is 81.6 Å². The van der Waals surface area contributed by atoms with E-state index >= 15 is 0 Å². The van der Waals surface area contributed by atoms with Crippen molar-refractivity contribution in [1.82, 2.24) is 0 Å². The number of carbonyl (C=O) groups is 5. The van der Waals surface area contributed by atoms with E-state index in [1.54, 1.807) is 48.5 Å². The Kier molecular flexibility index (Phi) is 30.2. The van der Waals surface area contributed by atoms with Crippen LogP contribution >= 0.6 is 0 Å². The highest BCUT2D eigenvalue weighted by Gasteiger charge is 2.39. The zero-order valence-corrected chi connectivity index (χ0v) is 37.5. The summed E-state index contributed by atoms with van der Waals surface area (Å²) < 4.78 is 151. The van der Waals surface area contributed by atoms with Crippen molar-refractivity contribution in [3.05, 3.63) is 0 Å². The van der Waals surface area contributed by atoms with Crippen molar-refractivity contribution in [2.75, 3.05) is 66.1 Å². The fourth-order valence-electron chi connectivity index (χ4n) is 2.95. The van der Waals surface area contributed by atoms with Gasteiger partial charge in [0, 0.05) is 0 Å². The van der Waals surface area contributed by atoms with Gasteiger partial charge in [-0.15, -0.1) is 0 Å². The van der Waals surface area contributed by atoms with Crippen LogP contribution in [0.2, 0.25) is 0 Å². The summed E-state index contributed by atoms with van der Waals surface area (Å²) in [5, 5.41) is 0. The number of carbonyl (C=O) groups excluding carboxylic acids is 5. The van der Waals surface area contributed by atoms with Crippen LogP contribution in [-0.2, 0) is 66.6 Å². The molecule has 23 heteroatoms. The predicted octanol–water partition coefficient (Wildman–Crippen LogP) is 7.90. The third kappa shape index (κ3) is 30.6. The summed E-state index contributed by atoms with van der Waals surface area (Å²) >= 11 is 0. The second kappa shape index (κ2) is 29.8. The Bertz CT molecular complexity index is 1300. The lowest BCUT2D eigenvalue weighted by atomic mass is 9.91. The first-order chi connectivity index (χ1) is 28.1. The van der Waals surface area contributed by atoms with Crippen LogP contribution in [0.1, 0.15) is 102 Å². The van der Waals surface area contributed by atoms with Gasteiger partial charge >= 0.3 is 48.4 Å². The largest absolute Gasteiger partial charge is 0.463 e. The number of ether oxygens (including phenoxy) is 9. The number of alkyl halides is 9. The van der Waals surface area contributed by atoms with Crippen LogP contribution in [0.3, 0.4) is 0 Å². The molecule has 0 saturated carbocycles. The monoisotopic (exact) mass is 928 g/mol. The van der Waals surface area contributed by atoms with E-state index in [-0.39, 0.29) is 58.8 Å². The molecule has 0 bridgehead atoms. The van der Waals surface area contributed by atoms with Crippen molar-refractivity contribution in [3.8, 4) is 0 Å². The van der Waals surface area contributed by atoms with Gasteiger partial charge in [-0.2, -0.15) is 39.5 Å². The van der Waals surface area contributed by atoms with Gasteiger partial charge in [0.15, 0.2) is 24.9 Å². The molecular weight excluding hydrogens is 863 g/mol. The Hall–Kier alpha value is -3.44. The van der Waals surface area contributed by atoms with Gasteiger partial charge in [-0.1, -0.05) is 20.8 Å². The van der Waals surface area contributed by atoms with Crippen LogP contribution in [0.15, 0.2) is 0 Å². The average Bonchev–Trinajstić information content (AvgIpc) is 3.17. The number of halogens is 9. The van der Waals surface area contributed by atoms with Crippen molar-refractivity contribution in [2.45, 2.75) is 139 Å². The van der Waals surface area contributed by atoms with E-state index < -0.39 is 90.2 Å². The third-order valence-corrected chi connectivity index (χ3v) is 8.81. The quantitative estimate of drug-likeness (QED) is 0.0375. The minimum atomic E-state index is -4.53. The fourth-order valence-corrected chi connectivity index (χ4v) is 2.95. The summed E-state index contributed by atoms with van der Waals surface area (Å²) in [4.78, 5) is 57.0. The maximum Gasteiger partial charge on any atom is 0.414 e. The van der Waals surface area contributed by atoms with E-state index in [4.69, 9.17) is 18.9 Å². The molecule has 0 radical (unpaired) electrons. The van der Waals surface area contributed by atoms with Gasteiger partial charge in [-0.3, -0.25) is 14.4 Å². The zero-order valence-electron chi connectivity index (χ0n) is 37.5. The van der Waals surface area contributed by atoms with Gasteiger partial charge in [-0.25, -0.2) is 9.59 Å². The molecule has 62 heavy (non-hydrogen) atoms. The number of hydrogen-bond acceptors (Lipinski definition) is 14. The maximum atomic E-state index is 12.1. The van der Waals surface area contributed by atoms with E-state index in [2.05, 4.69) is 23.7 Å². The van der Waals surface area contributed by atoms with E-state index in [9.17, 15) is 63.5 Å². The molecule has 0 heterocycles. The first-order valence-electron chi connectivity index (χ1n) is 19.6. The minimum Gasteiger partial charge on any atom is -0.463 e. The lowest BCUT2D eigenvalue weighted by molar-refractivity contribution is -0.217. The molecule has 3 atom stereocenters. The Morgan fingerprint density at radius 1 is 0.387 bits per heavy atom. The molecule has 0 saturated heterocycles. The molecular formula is C39H65F9O14. The Morgan fingerprint density at radius 3 is 1.03 bits per heavy atom. The molecule has 0 aliphatic heterocycles. The van der Waals surface area contributed by atoms with Gasteiger partial charge in [0.05, 0.1) is 42.7 Å². The lowest BCUT2D eigenvalue weighted by Gasteiger charge is -2.20. The molecule has 0 aromatic carbocycles. The van der Waals surface area contributed by atoms with Crippen molar-refractivity contribution in [1.29, 1.82) is 0 Å². The highest BCUT2D eigenvalue weighted by molar-refractivity contribution is 5.79. The third-order valence-electron chi connectivity index (χ3n) is 8.81. The minimum absolute atomic E-state index is 0.0230. The van der Waals surface area contributed by atoms with Crippen LogP contribution in [0, 0.1) is 16.2 Å². The van der Waals surface area contributed by atoms with E-state index in [1.165, 1.54) is 0 Å². The van der Waals surface area contributed by atoms with Crippen LogP contribution in [0.25, 0.3) is 0 Å². The standard InChI is InChI=1S/2C13H21F3O5.C13H23F3O4/c1-5-12(3,4)11(18)20-7-6-19-10(17)8-21-9(2)13(14,15)16;1-5-12(3,4)11(18)21-8-10(17)20-7-6-19-9(2)13(14,15)16;1-5-12(3,4)11(17)20-9-7-18-6-8-19-10(2)13(14,15)16/h2*9H,5-8H2,1-4H3;10H,5-9H2,1-4H3. The summed E-state index contributed by atoms with van der Waals surface area (Å²) in [5.74, 6) is -3.06. The second-order valence-corrected chi connectivity index (χ2v) is 15.2. The molecule has 0 aromatic rings. The average molecular weight is 929 g/mol. The highest BCUT2D eigenvalue weighted by atomic mass is 19.4. The van der Waals surface area contributed by atoms with Gasteiger partial charge in [0.1, 0.15) is 33.0 Å². The molecule has 0 rings (SSSR count). The van der Waals surface area contributed by atoms with E-state index in [0.29, 0.717) is 19.3 Å². The summed E-state index contributed by atoms with van der Waals surface area (Å²) in [6.07, 6.45) is -17.3. The molecule has 0 N–H and O–H groups in total. The molecule has 0 amide bonds. The topological polar surface area (TPSA) is 168 Å². The van der Waals surface area contributed by atoms with Crippen LogP contribution in [0.5, 0.6) is 0 Å². The summed E-state index contributed by atoms with van der Waals surface area (Å²) in [7, 11) is 0. The molecule has 0 aromatic heterocycles. The normalized spacial score (nSPS) is 13.8. The summed E-state index contributed by atoms with van der Waals surface area (Å²) in [6, 6.07) is 0. The van der Waals surface area contributed by atoms with Gasteiger partial charge in [0.2, 0.25) is 0 Å². The smallest absolute Gasteiger partial charge is 0.414 e. The van der Waals surface area contributed by atoms with Crippen LogP contribution < -0.4 is 0 Å². The zero-order chi connectivity index (χ0) is 49.2. The van der Waals surface area contributed by atoms with Gasteiger partial charge in [0.25, 0.3) is 0 Å². The first kappa shape index (κ1) is 62.9. The Morgan fingerprint density at radius 2 is 0.661 bits per heavy atom. The second-order valence-electron chi connectivity index (χ2n) is 15.2. The summed E-state index contributed by atoms with van der Waals surface area (Å²) in [6.45, 7) is 16.0. The van der Waals surface area contributed by atoms with E-state index in [0.717, 1.165) is 20.8 Å². The lowest BCUT2D eigenvalue weighted by Crippen LogP contribution is -2.31. The number of rotatable bonds is 25. The van der Waals surface area contributed by atoms with Crippen molar-refractivity contribution in [2.24, 2.45) is 16.2 Å². The summed E-state index contributed by atoms with van der Waals surface area (Å²) in [5.41, 5.74) is -1.87. The maximum absolute atomic E-state index is 12.1. The Balaban J connectivity index is -0.000000843.